The van der Waals surface area contributed by atoms with Crippen LogP contribution in [0.25, 0.3) is 0 Å². The number of carboxylic acids is 1. The maximum Gasteiger partial charge on any atom is 0.410 e. The number of urea groups is 1. The molecule has 0 radical (unpaired) electrons. The molecule has 5 amide bonds. The minimum atomic E-state index is -1.34. The molecule has 56 heavy (non-hydrogen) atoms. The predicted molar refractivity (Wildman–Crippen MR) is 203 cm³/mol. The summed E-state index contributed by atoms with van der Waals surface area (Å²) in [7, 11) is 0. The number of fused-ring (bicyclic) bond motifs is 1. The Labute approximate surface area is 328 Å². The molecule has 19 nitrogen and oxygen atoms in total. The molecule has 6 atom stereocenters. The summed E-state index contributed by atoms with van der Waals surface area (Å²) in [4.78, 5) is 87.4. The number of aliphatic hydroxyl groups excluding tert-OH is 1. The molecular weight excluding hydrogens is 775 g/mol. The second-order valence-corrected chi connectivity index (χ2v) is 16.3. The zero-order valence-corrected chi connectivity index (χ0v) is 32.0. The number of β-lactam (4-membered cyclic amide) rings is 1. The first kappa shape index (κ1) is 41.7. The molecule has 0 saturated carbocycles. The number of rotatable bonds is 17. The fraction of sp³-hybridized carbons (Fsp3) is 0.457. The summed E-state index contributed by atoms with van der Waals surface area (Å²) in [6.07, 6.45) is -1.10. The van der Waals surface area contributed by atoms with Crippen LogP contribution in [0.5, 0.6) is 0 Å². The molecule has 6 N–H and O–H groups in total. The number of carbonyl (C=O) groups excluding carboxylic acids is 4. The SMILES string of the molecule is C[C@@H](O)[C@H]1C(=O)N2C(C(=O)O)=C(S[C@H]3C[C@@H](CSCCC(=O)NCNC(N)=O)N(C(=O)OCc4ccc([N+](=O)[O-])cc4)C3)[C@](C)(Cc3ccc([N+](=O)[O-])cc3)[C@H]12. The van der Waals surface area contributed by atoms with Gasteiger partial charge in [-0.1, -0.05) is 19.1 Å². The van der Waals surface area contributed by atoms with Crippen LogP contribution in [0, 0.1) is 31.6 Å². The van der Waals surface area contributed by atoms with Crippen LogP contribution in [0.1, 0.15) is 37.8 Å². The maximum atomic E-state index is 13.6. The van der Waals surface area contributed by atoms with Crippen molar-refractivity contribution in [1.29, 1.82) is 0 Å². The van der Waals surface area contributed by atoms with Gasteiger partial charge in [0.25, 0.3) is 11.4 Å². The highest BCUT2D eigenvalue weighted by molar-refractivity contribution is 8.03. The van der Waals surface area contributed by atoms with Crippen LogP contribution in [0.4, 0.5) is 21.0 Å². The van der Waals surface area contributed by atoms with Crippen LogP contribution in [0.15, 0.2) is 59.1 Å². The number of nitro benzene ring substituents is 2. The minimum Gasteiger partial charge on any atom is -0.477 e. The number of ether oxygens (including phenoxy) is 1. The van der Waals surface area contributed by atoms with E-state index in [0.717, 1.165) is 0 Å². The van der Waals surface area contributed by atoms with Gasteiger partial charge in [-0.3, -0.25) is 29.8 Å². The topological polar surface area (TPSA) is 278 Å². The first-order chi connectivity index (χ1) is 26.5. The normalized spacial score (nSPS) is 23.2. The summed E-state index contributed by atoms with van der Waals surface area (Å²) >= 11 is 2.63. The van der Waals surface area contributed by atoms with Crippen LogP contribution in [-0.4, -0.2) is 108 Å². The van der Waals surface area contributed by atoms with E-state index in [1.54, 1.807) is 12.1 Å². The highest BCUT2D eigenvalue weighted by atomic mass is 32.2. The van der Waals surface area contributed by atoms with Crippen molar-refractivity contribution in [3.05, 3.63) is 90.5 Å². The summed E-state index contributed by atoms with van der Waals surface area (Å²) in [5.41, 5.74) is 4.67. The number of nitrogens with zero attached hydrogens (tertiary/aromatic N) is 4. The van der Waals surface area contributed by atoms with Gasteiger partial charge >= 0.3 is 18.1 Å². The van der Waals surface area contributed by atoms with Gasteiger partial charge < -0.3 is 41.1 Å². The van der Waals surface area contributed by atoms with E-state index in [4.69, 9.17) is 10.5 Å². The summed E-state index contributed by atoms with van der Waals surface area (Å²) in [5.74, 6) is -2.35. The van der Waals surface area contributed by atoms with Crippen LogP contribution in [0.3, 0.4) is 0 Å². The molecule has 0 unspecified atom stereocenters. The molecule has 0 aliphatic carbocycles. The van der Waals surface area contributed by atoms with E-state index in [0.29, 0.717) is 34.0 Å². The third-order valence-corrected chi connectivity index (χ3v) is 12.6. The molecule has 0 aromatic heterocycles. The molecule has 2 saturated heterocycles. The number of benzene rings is 2. The molecule has 300 valence electrons. The average Bonchev–Trinajstić information content (AvgIpc) is 3.63. The van der Waals surface area contributed by atoms with Crippen LogP contribution >= 0.6 is 23.5 Å². The Balaban J connectivity index is 1.38. The van der Waals surface area contributed by atoms with Gasteiger partial charge in [0.2, 0.25) is 11.8 Å². The first-order valence-electron chi connectivity index (χ1n) is 17.5. The Bertz CT molecular complexity index is 1910. The summed E-state index contributed by atoms with van der Waals surface area (Å²) in [6, 6.07) is 9.45. The van der Waals surface area contributed by atoms with Gasteiger partial charge in [0.15, 0.2) is 0 Å². The van der Waals surface area contributed by atoms with Crippen molar-refractivity contribution in [2.24, 2.45) is 17.1 Å². The Kier molecular flexibility index (Phi) is 13.1. The van der Waals surface area contributed by atoms with Gasteiger partial charge in [-0.25, -0.2) is 14.4 Å². The lowest BCUT2D eigenvalue weighted by Crippen LogP contribution is -2.66. The highest BCUT2D eigenvalue weighted by Gasteiger charge is 2.66. The smallest absolute Gasteiger partial charge is 0.410 e. The van der Waals surface area contributed by atoms with Gasteiger partial charge in [0.1, 0.15) is 12.3 Å². The third kappa shape index (κ3) is 9.16. The standard InChI is InChI=1S/C35H41N7O12S2/c1-19(43)27-29-35(2,14-20-3-7-22(8-4-20)41(50)51)30(28(32(46)47)40(29)31(27)45)56-25-13-24(17-55-12-11-26(44)37-18-38-33(36)48)39(15-25)34(49)54-16-21-5-9-23(10-6-21)42(52)53/h3-10,19,24-25,27,29,43H,11-18H2,1-2H3,(H,37,44)(H,46,47)(H3,36,38,48)/t19-,24+,25+,27-,29+,35-/m1/s1. The number of nitrogens with two attached hydrogens (primary N) is 1. The van der Waals surface area contributed by atoms with E-state index in [1.807, 2.05) is 6.92 Å². The number of nitrogens with one attached hydrogen (secondary N) is 2. The lowest BCUT2D eigenvalue weighted by molar-refractivity contribution is -0.385. The Hall–Kier alpha value is -5.41. The molecule has 0 spiro atoms. The largest absolute Gasteiger partial charge is 0.477 e. The minimum absolute atomic E-state index is 0.103. The van der Waals surface area contributed by atoms with Gasteiger partial charge in [-0.2, -0.15) is 11.8 Å². The number of thioether (sulfide) groups is 2. The van der Waals surface area contributed by atoms with E-state index < -0.39 is 68.6 Å². The van der Waals surface area contributed by atoms with E-state index in [2.05, 4.69) is 10.6 Å². The molecule has 3 heterocycles. The number of likely N-dealkylation sites (tertiary alicyclic amines) is 1. The van der Waals surface area contributed by atoms with Crippen molar-refractivity contribution in [1.82, 2.24) is 20.4 Å². The third-order valence-electron chi connectivity index (χ3n) is 9.95. The zero-order chi connectivity index (χ0) is 40.9. The second kappa shape index (κ2) is 17.6. The number of hydrogen-bond donors (Lipinski definition) is 5. The number of aliphatic hydroxyl groups is 1. The molecule has 3 aliphatic heterocycles. The van der Waals surface area contributed by atoms with Crippen molar-refractivity contribution < 1.29 is 48.8 Å². The number of non-ortho nitro benzene ring substituents is 2. The zero-order valence-electron chi connectivity index (χ0n) is 30.3. The number of carbonyl (C=O) groups is 5. The lowest BCUT2D eigenvalue weighted by Gasteiger charge is -2.51. The number of aliphatic carboxylic acids is 1. The number of carboxylic acid groups (broad SMARTS) is 1. The molecule has 0 bridgehead atoms. The van der Waals surface area contributed by atoms with E-state index in [-0.39, 0.29) is 55.6 Å². The number of amides is 5. The fourth-order valence-electron chi connectivity index (χ4n) is 7.31. The van der Waals surface area contributed by atoms with Crippen molar-refractivity contribution in [2.75, 3.05) is 24.7 Å². The van der Waals surface area contributed by atoms with Gasteiger partial charge in [-0.05, 0) is 43.0 Å². The maximum absolute atomic E-state index is 13.6. The first-order valence-corrected chi connectivity index (χ1v) is 19.5. The Morgan fingerprint density at radius 1 is 1.04 bits per heavy atom. The van der Waals surface area contributed by atoms with Gasteiger partial charge in [0, 0.05) is 70.3 Å². The fourth-order valence-corrected chi connectivity index (χ4v) is 10.0. The van der Waals surface area contributed by atoms with Crippen LogP contribution in [0.2, 0.25) is 0 Å². The summed E-state index contributed by atoms with van der Waals surface area (Å²) in [6.45, 7) is 3.10. The van der Waals surface area contributed by atoms with Crippen molar-refractivity contribution in [2.45, 2.75) is 63.2 Å². The molecular formula is C35H41N7O12S2. The number of hydrogen-bond acceptors (Lipinski definition) is 13. The molecule has 3 aliphatic rings. The van der Waals surface area contributed by atoms with Crippen molar-refractivity contribution in [3.8, 4) is 0 Å². The van der Waals surface area contributed by atoms with E-state index >= 15 is 0 Å². The monoisotopic (exact) mass is 815 g/mol. The quantitative estimate of drug-likeness (QED) is 0.0505. The molecule has 2 fully saturated rings. The summed E-state index contributed by atoms with van der Waals surface area (Å²) < 4.78 is 5.63. The second-order valence-electron chi connectivity index (χ2n) is 13.8. The molecule has 2 aromatic rings. The van der Waals surface area contributed by atoms with Crippen molar-refractivity contribution in [3.63, 3.8) is 0 Å². The molecule has 5 rings (SSSR count). The Morgan fingerprint density at radius 2 is 1.64 bits per heavy atom. The van der Waals surface area contributed by atoms with Gasteiger partial charge in [-0.15, -0.1) is 11.8 Å². The van der Waals surface area contributed by atoms with Crippen molar-refractivity contribution >= 4 is 64.8 Å². The molecule has 2 aromatic carbocycles. The Morgan fingerprint density at radius 3 is 2.20 bits per heavy atom. The lowest BCUT2D eigenvalue weighted by atomic mass is 9.67. The summed E-state index contributed by atoms with van der Waals surface area (Å²) in [5, 5.41) is 47.9. The molecule has 21 heteroatoms. The van der Waals surface area contributed by atoms with Gasteiger partial charge in [0.05, 0.1) is 34.6 Å². The van der Waals surface area contributed by atoms with E-state index in [9.17, 15) is 54.4 Å². The van der Waals surface area contributed by atoms with Crippen LogP contribution in [-0.2, 0) is 32.1 Å². The van der Waals surface area contributed by atoms with Crippen LogP contribution < -0.4 is 16.4 Å². The highest BCUT2D eigenvalue weighted by Crippen LogP contribution is 2.60. The number of primary amides is 1. The number of nitro groups is 2. The average molecular weight is 816 g/mol. The van der Waals surface area contributed by atoms with E-state index in [1.165, 1.54) is 76.6 Å². The predicted octanol–water partition coefficient (Wildman–Crippen LogP) is 2.95.